The fraction of sp³-hybridized carbons (Fsp3) is 0.105. The van der Waals surface area contributed by atoms with Crippen LogP contribution in [0.2, 0.25) is 5.02 Å². The number of nitrogens with one attached hydrogen (secondary N) is 3. The van der Waals surface area contributed by atoms with Crippen LogP contribution in [0.3, 0.4) is 0 Å². The summed E-state index contributed by atoms with van der Waals surface area (Å²) in [7, 11) is 0. The largest absolute Gasteiger partial charge is 0.465 e. The van der Waals surface area contributed by atoms with Gasteiger partial charge in [0, 0.05) is 22.9 Å². The number of rotatable bonds is 6. The summed E-state index contributed by atoms with van der Waals surface area (Å²) in [6.45, 7) is 2.01. The van der Waals surface area contributed by atoms with E-state index >= 15 is 0 Å². The van der Waals surface area contributed by atoms with Crippen molar-refractivity contribution in [1.82, 2.24) is 10.3 Å². The van der Waals surface area contributed by atoms with E-state index in [2.05, 4.69) is 20.9 Å². The SMILES string of the molecule is Cc1nc(C(=O)Nc2cccc(Cl)c2)c(Nc2cccc(CNC(=O)O)c2)s1. The Hall–Kier alpha value is -3.10. The molecule has 1 aromatic heterocycles. The first-order valence-electron chi connectivity index (χ1n) is 8.28. The van der Waals surface area contributed by atoms with Crippen LogP contribution in [0.15, 0.2) is 48.5 Å². The van der Waals surface area contributed by atoms with Gasteiger partial charge in [-0.15, -0.1) is 11.3 Å². The predicted octanol–water partition coefficient (Wildman–Crippen LogP) is 4.87. The summed E-state index contributed by atoms with van der Waals surface area (Å²) >= 11 is 7.31. The molecule has 4 N–H and O–H groups in total. The second-order valence-electron chi connectivity index (χ2n) is 5.86. The van der Waals surface area contributed by atoms with E-state index in [0.29, 0.717) is 15.7 Å². The molecule has 0 atom stereocenters. The topological polar surface area (TPSA) is 103 Å². The van der Waals surface area contributed by atoms with Crippen LogP contribution in [-0.4, -0.2) is 22.1 Å². The molecule has 0 saturated heterocycles. The van der Waals surface area contributed by atoms with Gasteiger partial charge in [-0.25, -0.2) is 9.78 Å². The molecule has 28 heavy (non-hydrogen) atoms. The monoisotopic (exact) mass is 416 g/mol. The van der Waals surface area contributed by atoms with Crippen LogP contribution < -0.4 is 16.0 Å². The van der Waals surface area contributed by atoms with Crippen molar-refractivity contribution in [3.05, 3.63) is 69.8 Å². The van der Waals surface area contributed by atoms with E-state index in [4.69, 9.17) is 16.7 Å². The maximum atomic E-state index is 12.7. The van der Waals surface area contributed by atoms with Gasteiger partial charge in [0.25, 0.3) is 5.91 Å². The Balaban J connectivity index is 1.78. The van der Waals surface area contributed by atoms with Crippen molar-refractivity contribution in [3.63, 3.8) is 0 Å². The maximum absolute atomic E-state index is 12.7. The zero-order chi connectivity index (χ0) is 20.1. The van der Waals surface area contributed by atoms with Crippen molar-refractivity contribution in [2.24, 2.45) is 0 Å². The number of hydrogen-bond donors (Lipinski definition) is 4. The minimum Gasteiger partial charge on any atom is -0.465 e. The van der Waals surface area contributed by atoms with Crippen molar-refractivity contribution in [2.45, 2.75) is 13.5 Å². The van der Waals surface area contributed by atoms with Gasteiger partial charge in [0.1, 0.15) is 5.00 Å². The number of benzene rings is 2. The zero-order valence-corrected chi connectivity index (χ0v) is 16.4. The van der Waals surface area contributed by atoms with E-state index in [1.165, 1.54) is 11.3 Å². The molecule has 0 saturated carbocycles. The highest BCUT2D eigenvalue weighted by Gasteiger charge is 2.18. The summed E-state index contributed by atoms with van der Waals surface area (Å²) in [6.07, 6.45) is -1.09. The first-order chi connectivity index (χ1) is 13.4. The summed E-state index contributed by atoms with van der Waals surface area (Å²) in [5.74, 6) is -0.349. The number of nitrogens with zero attached hydrogens (tertiary/aromatic N) is 1. The van der Waals surface area contributed by atoms with Crippen LogP contribution in [-0.2, 0) is 6.54 Å². The van der Waals surface area contributed by atoms with Crippen LogP contribution in [0.1, 0.15) is 21.1 Å². The summed E-state index contributed by atoms with van der Waals surface area (Å²) < 4.78 is 0. The number of aromatic nitrogens is 1. The molecule has 3 rings (SSSR count). The van der Waals surface area contributed by atoms with E-state index in [-0.39, 0.29) is 18.1 Å². The van der Waals surface area contributed by atoms with Crippen molar-refractivity contribution in [1.29, 1.82) is 0 Å². The molecule has 0 aliphatic carbocycles. The van der Waals surface area contributed by atoms with Crippen LogP contribution in [0.25, 0.3) is 0 Å². The third-order valence-electron chi connectivity index (χ3n) is 3.66. The Morgan fingerprint density at radius 2 is 1.89 bits per heavy atom. The molecule has 0 radical (unpaired) electrons. The number of anilines is 3. The number of amides is 2. The van der Waals surface area contributed by atoms with Crippen molar-refractivity contribution >= 4 is 51.3 Å². The number of halogens is 1. The Kier molecular flexibility index (Phi) is 6.13. The molecule has 0 spiro atoms. The Labute approximate surface area is 170 Å². The normalized spacial score (nSPS) is 10.4. The average Bonchev–Trinajstić information content (AvgIpc) is 3.00. The van der Waals surface area contributed by atoms with E-state index < -0.39 is 6.09 Å². The summed E-state index contributed by atoms with van der Waals surface area (Å²) in [6, 6.07) is 14.1. The Morgan fingerprint density at radius 3 is 2.64 bits per heavy atom. The van der Waals surface area contributed by atoms with Gasteiger partial charge in [0.15, 0.2) is 5.69 Å². The van der Waals surface area contributed by atoms with Gasteiger partial charge < -0.3 is 21.1 Å². The average molecular weight is 417 g/mol. The number of carbonyl (C=O) groups excluding carboxylic acids is 1. The molecule has 0 aliphatic heterocycles. The number of hydrogen-bond acceptors (Lipinski definition) is 5. The highest BCUT2D eigenvalue weighted by atomic mass is 35.5. The van der Waals surface area contributed by atoms with Crippen molar-refractivity contribution < 1.29 is 14.7 Å². The molecule has 3 aromatic rings. The fourth-order valence-corrected chi connectivity index (χ4v) is 3.52. The minimum atomic E-state index is -1.09. The van der Waals surface area contributed by atoms with Gasteiger partial charge >= 0.3 is 6.09 Å². The van der Waals surface area contributed by atoms with Gasteiger partial charge in [-0.1, -0.05) is 29.8 Å². The fourth-order valence-electron chi connectivity index (χ4n) is 2.49. The van der Waals surface area contributed by atoms with Crippen molar-refractivity contribution in [2.75, 3.05) is 10.6 Å². The van der Waals surface area contributed by atoms with E-state index in [9.17, 15) is 9.59 Å². The molecule has 0 fully saturated rings. The molecule has 2 aromatic carbocycles. The highest BCUT2D eigenvalue weighted by molar-refractivity contribution is 7.16. The van der Waals surface area contributed by atoms with Crippen LogP contribution in [0, 0.1) is 6.92 Å². The lowest BCUT2D eigenvalue weighted by molar-refractivity contribution is 0.102. The van der Waals surface area contributed by atoms with E-state index in [0.717, 1.165) is 16.3 Å². The molecule has 9 heteroatoms. The molecule has 0 aliphatic rings. The highest BCUT2D eigenvalue weighted by Crippen LogP contribution is 2.29. The first kappa shape index (κ1) is 19.7. The first-order valence-corrected chi connectivity index (χ1v) is 9.47. The second-order valence-corrected chi connectivity index (χ2v) is 7.50. The molecular weight excluding hydrogens is 400 g/mol. The molecule has 1 heterocycles. The smallest absolute Gasteiger partial charge is 0.404 e. The number of carboxylic acid groups (broad SMARTS) is 1. The van der Waals surface area contributed by atoms with Gasteiger partial charge in [-0.05, 0) is 42.8 Å². The number of carbonyl (C=O) groups is 2. The number of thiazole rings is 1. The predicted molar refractivity (Wildman–Crippen MR) is 111 cm³/mol. The molecular formula is C19H17ClN4O3S. The third kappa shape index (κ3) is 5.21. The molecule has 0 bridgehead atoms. The molecule has 0 unspecified atom stereocenters. The third-order valence-corrected chi connectivity index (χ3v) is 4.78. The lowest BCUT2D eigenvalue weighted by atomic mass is 10.2. The minimum absolute atomic E-state index is 0.189. The van der Waals surface area contributed by atoms with Gasteiger partial charge in [-0.2, -0.15) is 0 Å². The summed E-state index contributed by atoms with van der Waals surface area (Å²) in [4.78, 5) is 27.7. The molecule has 7 nitrogen and oxygen atoms in total. The second kappa shape index (κ2) is 8.73. The number of aryl methyl sites for hydroxylation is 1. The van der Waals surface area contributed by atoms with Gasteiger partial charge in [0.05, 0.1) is 5.01 Å². The molecule has 2 amide bonds. The molecule has 144 valence electrons. The Morgan fingerprint density at radius 1 is 1.14 bits per heavy atom. The van der Waals surface area contributed by atoms with Crippen LogP contribution >= 0.6 is 22.9 Å². The summed E-state index contributed by atoms with van der Waals surface area (Å²) in [5.41, 5.74) is 2.37. The lowest BCUT2D eigenvalue weighted by Crippen LogP contribution is -2.19. The van der Waals surface area contributed by atoms with E-state index in [1.54, 1.807) is 30.3 Å². The van der Waals surface area contributed by atoms with Gasteiger partial charge in [-0.3, -0.25) is 4.79 Å². The van der Waals surface area contributed by atoms with E-state index in [1.807, 2.05) is 25.1 Å². The quantitative estimate of drug-likeness (QED) is 0.459. The lowest BCUT2D eigenvalue weighted by Gasteiger charge is -2.09. The van der Waals surface area contributed by atoms with Crippen LogP contribution in [0.4, 0.5) is 21.2 Å². The Bertz CT molecular complexity index is 1020. The van der Waals surface area contributed by atoms with Crippen molar-refractivity contribution in [3.8, 4) is 0 Å². The van der Waals surface area contributed by atoms with Crippen LogP contribution in [0.5, 0.6) is 0 Å². The summed E-state index contributed by atoms with van der Waals surface area (Å²) in [5, 5.41) is 18.9. The van der Waals surface area contributed by atoms with Gasteiger partial charge in [0.2, 0.25) is 0 Å². The maximum Gasteiger partial charge on any atom is 0.404 e. The zero-order valence-electron chi connectivity index (χ0n) is 14.8. The standard InChI is InChI=1S/C19H17ClN4O3S/c1-11-22-16(17(25)23-15-7-3-5-13(20)9-15)18(28-11)24-14-6-2-4-12(8-14)10-21-19(26)27/h2-9,21,24H,10H2,1H3,(H,23,25)(H,26,27).